The van der Waals surface area contributed by atoms with Gasteiger partial charge in [-0.3, -0.25) is 5.10 Å². The van der Waals surface area contributed by atoms with Gasteiger partial charge in [0.15, 0.2) is 5.01 Å². The highest BCUT2D eigenvalue weighted by Crippen LogP contribution is 2.38. The molecule has 0 spiro atoms. The zero-order valence-electron chi connectivity index (χ0n) is 14.4. The molecule has 134 valence electrons. The Labute approximate surface area is 160 Å². The van der Waals surface area contributed by atoms with Crippen LogP contribution in [0.3, 0.4) is 0 Å². The summed E-state index contributed by atoms with van der Waals surface area (Å²) >= 11 is 8.16. The molecule has 0 bridgehead atoms. The summed E-state index contributed by atoms with van der Waals surface area (Å²) in [6.07, 6.45) is 3.64. The molecular weight excluding hydrogens is 368 g/mol. The molecule has 0 amide bonds. The van der Waals surface area contributed by atoms with Crippen LogP contribution in [0.2, 0.25) is 5.02 Å². The van der Waals surface area contributed by atoms with E-state index in [0.717, 1.165) is 51.8 Å². The zero-order chi connectivity index (χ0) is 17.7. The number of aromatic amines is 1. The summed E-state index contributed by atoms with van der Waals surface area (Å²) in [4.78, 5) is 4.82. The highest BCUT2D eigenvalue weighted by Gasteiger charge is 2.39. The van der Waals surface area contributed by atoms with Gasteiger partial charge in [-0.1, -0.05) is 29.0 Å². The van der Waals surface area contributed by atoms with Crippen molar-refractivity contribution in [1.29, 1.82) is 0 Å². The maximum Gasteiger partial charge on any atom is 0.208 e. The third kappa shape index (κ3) is 2.80. The molecule has 1 aromatic carbocycles. The Kier molecular flexibility index (Phi) is 3.95. The lowest BCUT2D eigenvalue weighted by Crippen LogP contribution is -2.26. The van der Waals surface area contributed by atoms with Crippen LogP contribution in [0.5, 0.6) is 0 Å². The van der Waals surface area contributed by atoms with E-state index in [1.54, 1.807) is 17.5 Å². The van der Waals surface area contributed by atoms with E-state index >= 15 is 0 Å². The first kappa shape index (κ1) is 16.2. The quantitative estimate of drug-likeness (QED) is 0.748. The van der Waals surface area contributed by atoms with E-state index < -0.39 is 0 Å². The maximum absolute atomic E-state index is 6.53. The van der Waals surface area contributed by atoms with Crippen LogP contribution in [-0.2, 0) is 0 Å². The van der Waals surface area contributed by atoms with Crippen molar-refractivity contribution in [3.63, 3.8) is 0 Å². The average molecular weight is 387 g/mol. The molecule has 2 aliphatic heterocycles. The van der Waals surface area contributed by atoms with Crippen LogP contribution < -0.4 is 4.90 Å². The molecule has 2 saturated heterocycles. The minimum Gasteiger partial charge on any atom is -0.346 e. The molecule has 1 N–H and O–H groups in total. The summed E-state index contributed by atoms with van der Waals surface area (Å²) in [7, 11) is 2.21. The van der Waals surface area contributed by atoms with Crippen LogP contribution in [-0.4, -0.2) is 58.5 Å². The fourth-order valence-corrected chi connectivity index (χ4v) is 5.34. The number of nitrogens with zero attached hydrogens (tertiary/aromatic N) is 5. The molecule has 0 aliphatic carbocycles. The van der Waals surface area contributed by atoms with Gasteiger partial charge in [-0.15, -0.1) is 10.2 Å². The Bertz CT molecular complexity index is 910. The van der Waals surface area contributed by atoms with Crippen molar-refractivity contribution in [3.8, 4) is 21.7 Å². The second-order valence-corrected chi connectivity index (χ2v) is 8.58. The van der Waals surface area contributed by atoms with Crippen LogP contribution in [0.4, 0.5) is 5.13 Å². The Morgan fingerprint density at radius 3 is 2.62 bits per heavy atom. The SMILES string of the molecule is CN1CC2CN(c3nnc(-c4ccc(-c5cn[nH]c5)cc4Cl)s3)C[C@H]2C1. The first-order valence-electron chi connectivity index (χ1n) is 8.73. The first-order valence-corrected chi connectivity index (χ1v) is 9.93. The number of H-pyrrole nitrogens is 1. The number of benzene rings is 1. The highest BCUT2D eigenvalue weighted by atomic mass is 35.5. The number of likely N-dealkylation sites (tertiary alicyclic amines) is 1. The van der Waals surface area contributed by atoms with Crippen LogP contribution in [0, 0.1) is 11.8 Å². The van der Waals surface area contributed by atoms with Gasteiger partial charge in [-0.2, -0.15) is 5.10 Å². The van der Waals surface area contributed by atoms with Crippen LogP contribution in [0.15, 0.2) is 30.6 Å². The van der Waals surface area contributed by atoms with Gasteiger partial charge >= 0.3 is 0 Å². The lowest BCUT2D eigenvalue weighted by molar-refractivity contribution is 0.387. The van der Waals surface area contributed by atoms with E-state index in [0.29, 0.717) is 5.02 Å². The zero-order valence-corrected chi connectivity index (χ0v) is 16.0. The second-order valence-electron chi connectivity index (χ2n) is 7.22. The molecule has 6 nitrogen and oxygen atoms in total. The fraction of sp³-hybridized carbons (Fsp3) is 0.389. The van der Waals surface area contributed by atoms with Crippen molar-refractivity contribution in [2.24, 2.45) is 11.8 Å². The van der Waals surface area contributed by atoms with Crippen LogP contribution in [0.1, 0.15) is 0 Å². The fourth-order valence-electron chi connectivity index (χ4n) is 4.11. The number of rotatable bonds is 3. The Balaban J connectivity index is 1.37. The number of hydrogen-bond donors (Lipinski definition) is 1. The van der Waals surface area contributed by atoms with Crippen molar-refractivity contribution in [2.75, 3.05) is 38.1 Å². The van der Waals surface area contributed by atoms with E-state index in [1.807, 2.05) is 24.4 Å². The van der Waals surface area contributed by atoms with Crippen molar-refractivity contribution < 1.29 is 0 Å². The molecule has 26 heavy (non-hydrogen) atoms. The monoisotopic (exact) mass is 386 g/mol. The lowest BCUT2D eigenvalue weighted by Gasteiger charge is -2.17. The van der Waals surface area contributed by atoms with Crippen molar-refractivity contribution >= 4 is 28.1 Å². The van der Waals surface area contributed by atoms with Gasteiger partial charge in [0.25, 0.3) is 0 Å². The molecule has 1 unspecified atom stereocenters. The molecule has 0 saturated carbocycles. The predicted octanol–water partition coefficient (Wildman–Crippen LogP) is 3.25. The van der Waals surface area contributed by atoms with E-state index in [4.69, 9.17) is 11.6 Å². The van der Waals surface area contributed by atoms with Gasteiger partial charge in [-0.05, 0) is 36.6 Å². The minimum atomic E-state index is 0.686. The second kappa shape index (κ2) is 6.33. The smallest absolute Gasteiger partial charge is 0.208 e. The van der Waals surface area contributed by atoms with Crippen molar-refractivity contribution in [2.45, 2.75) is 0 Å². The molecule has 2 aliphatic rings. The van der Waals surface area contributed by atoms with Gasteiger partial charge in [0, 0.05) is 43.5 Å². The van der Waals surface area contributed by atoms with Gasteiger partial charge < -0.3 is 9.80 Å². The molecule has 3 aromatic rings. The van der Waals surface area contributed by atoms with E-state index in [2.05, 4.69) is 37.2 Å². The van der Waals surface area contributed by atoms with Crippen molar-refractivity contribution in [3.05, 3.63) is 35.6 Å². The topological polar surface area (TPSA) is 60.9 Å². The Morgan fingerprint density at radius 1 is 1.12 bits per heavy atom. The van der Waals surface area contributed by atoms with Gasteiger partial charge in [0.05, 0.1) is 11.2 Å². The van der Waals surface area contributed by atoms with Crippen molar-refractivity contribution in [1.82, 2.24) is 25.3 Å². The molecule has 0 radical (unpaired) electrons. The molecule has 8 heteroatoms. The van der Waals surface area contributed by atoms with E-state index in [1.165, 1.54) is 13.1 Å². The van der Waals surface area contributed by atoms with Gasteiger partial charge in [-0.25, -0.2) is 0 Å². The summed E-state index contributed by atoms with van der Waals surface area (Å²) in [5.74, 6) is 1.51. The molecule has 4 heterocycles. The summed E-state index contributed by atoms with van der Waals surface area (Å²) in [6.45, 7) is 4.54. The Hall–Kier alpha value is -1.96. The summed E-state index contributed by atoms with van der Waals surface area (Å²) in [5.41, 5.74) is 2.99. The third-order valence-corrected chi connectivity index (χ3v) is 6.71. The molecular formula is C18H19ClN6S. The summed E-state index contributed by atoms with van der Waals surface area (Å²) in [6, 6.07) is 6.02. The molecule has 2 fully saturated rings. The number of aromatic nitrogens is 4. The first-order chi connectivity index (χ1) is 12.7. The summed E-state index contributed by atoms with van der Waals surface area (Å²) < 4.78 is 0. The number of fused-ring (bicyclic) bond motifs is 1. The maximum atomic E-state index is 6.53. The number of hydrogen-bond acceptors (Lipinski definition) is 6. The Morgan fingerprint density at radius 2 is 1.92 bits per heavy atom. The number of anilines is 1. The van der Waals surface area contributed by atoms with Crippen LogP contribution >= 0.6 is 22.9 Å². The summed E-state index contributed by atoms with van der Waals surface area (Å²) in [5, 5.41) is 18.2. The van der Waals surface area contributed by atoms with E-state index in [-0.39, 0.29) is 0 Å². The molecule has 2 atom stereocenters. The highest BCUT2D eigenvalue weighted by molar-refractivity contribution is 7.18. The molecule has 5 rings (SSSR count). The predicted molar refractivity (Wildman–Crippen MR) is 105 cm³/mol. The number of halogens is 1. The molecule has 2 aromatic heterocycles. The largest absolute Gasteiger partial charge is 0.346 e. The standard InChI is InChI=1S/C18H19ClN6S/c1-24-7-13-9-25(10-14(13)8-24)18-23-22-17(26-18)15-3-2-11(4-16(15)19)12-5-20-21-6-12/h2-6,13-14H,7-10H2,1H3,(H,20,21)/t13-,14?/m1/s1. The normalized spacial score (nSPS) is 22.9. The van der Waals surface area contributed by atoms with Gasteiger partial charge in [0.1, 0.15) is 0 Å². The lowest BCUT2D eigenvalue weighted by atomic mass is 10.0. The van der Waals surface area contributed by atoms with Crippen LogP contribution in [0.25, 0.3) is 21.7 Å². The number of nitrogens with one attached hydrogen (secondary N) is 1. The van der Waals surface area contributed by atoms with E-state index in [9.17, 15) is 0 Å². The average Bonchev–Trinajstić information content (AvgIpc) is 3.38. The van der Waals surface area contributed by atoms with Gasteiger partial charge in [0.2, 0.25) is 5.13 Å². The minimum absolute atomic E-state index is 0.686. The third-order valence-electron chi connectivity index (χ3n) is 5.38.